The second-order valence-electron chi connectivity index (χ2n) is 4.55. The summed E-state index contributed by atoms with van der Waals surface area (Å²) in [4.78, 5) is 23.5. The molecule has 0 radical (unpaired) electrons. The molecule has 1 fully saturated rings. The molecular formula is C13H14O6. The van der Waals surface area contributed by atoms with Crippen molar-refractivity contribution in [1.82, 2.24) is 0 Å². The molecule has 1 rings (SSSR count). The first-order chi connectivity index (χ1) is 8.77. The minimum absolute atomic E-state index is 0.418. The lowest BCUT2D eigenvalue weighted by molar-refractivity contribution is -0.171. The molecule has 1 aliphatic rings. The average molecular weight is 266 g/mol. The van der Waals surface area contributed by atoms with Crippen molar-refractivity contribution in [2.75, 3.05) is 0 Å². The highest BCUT2D eigenvalue weighted by atomic mass is 16.8. The summed E-state index contributed by atoms with van der Waals surface area (Å²) in [6, 6.07) is 0. The number of hydrogen-bond acceptors (Lipinski definition) is 6. The summed E-state index contributed by atoms with van der Waals surface area (Å²) in [5.74, 6) is 1.31. The Kier molecular flexibility index (Phi) is 4.21. The second kappa shape index (κ2) is 5.31. The molecule has 0 bridgehead atoms. The van der Waals surface area contributed by atoms with Crippen molar-refractivity contribution in [2.45, 2.75) is 44.7 Å². The van der Waals surface area contributed by atoms with E-state index in [2.05, 4.69) is 0 Å². The Labute approximate surface area is 110 Å². The van der Waals surface area contributed by atoms with Gasteiger partial charge in [0.2, 0.25) is 11.6 Å². The van der Waals surface area contributed by atoms with E-state index < -0.39 is 35.5 Å². The van der Waals surface area contributed by atoms with Gasteiger partial charge in [-0.2, -0.15) is 0 Å². The molecule has 0 aliphatic carbocycles. The van der Waals surface area contributed by atoms with Crippen LogP contribution in [0.25, 0.3) is 0 Å². The van der Waals surface area contributed by atoms with Crippen LogP contribution in [0.4, 0.5) is 0 Å². The van der Waals surface area contributed by atoms with E-state index in [0.717, 1.165) is 0 Å². The van der Waals surface area contributed by atoms with Gasteiger partial charge >= 0.3 is 0 Å². The molecule has 6 nitrogen and oxygen atoms in total. The number of rotatable bonds is 3. The molecule has 19 heavy (non-hydrogen) atoms. The Hall–Kier alpha value is -2.02. The number of carbonyl (C=O) groups excluding carboxylic acids is 2. The fourth-order valence-corrected chi connectivity index (χ4v) is 2.06. The summed E-state index contributed by atoms with van der Waals surface area (Å²) in [5, 5.41) is 16.9. The predicted molar refractivity (Wildman–Crippen MR) is 62.5 cm³/mol. The first-order valence-electron chi connectivity index (χ1n) is 5.53. The van der Waals surface area contributed by atoms with Crippen molar-refractivity contribution in [3.05, 3.63) is 0 Å². The molecule has 0 saturated carbocycles. The van der Waals surface area contributed by atoms with Crippen LogP contribution in [0.2, 0.25) is 0 Å². The van der Waals surface area contributed by atoms with Crippen molar-refractivity contribution >= 4 is 11.6 Å². The minimum atomic E-state index is -1.64. The van der Waals surface area contributed by atoms with E-state index in [4.69, 9.17) is 19.7 Å². The molecule has 0 unspecified atom stereocenters. The van der Waals surface area contributed by atoms with Gasteiger partial charge in [-0.05, 0) is 20.8 Å². The zero-order valence-electron chi connectivity index (χ0n) is 10.8. The Morgan fingerprint density at radius 2 is 1.79 bits per heavy atom. The summed E-state index contributed by atoms with van der Waals surface area (Å²) < 4.78 is 11.0. The van der Waals surface area contributed by atoms with Crippen LogP contribution in [0.3, 0.4) is 0 Å². The third-order valence-electron chi connectivity index (χ3n) is 2.72. The third kappa shape index (κ3) is 3.05. The molecular weight excluding hydrogens is 252 g/mol. The first-order valence-corrected chi connectivity index (χ1v) is 5.53. The average Bonchev–Trinajstić information content (AvgIpc) is 2.50. The van der Waals surface area contributed by atoms with E-state index in [9.17, 15) is 9.59 Å². The van der Waals surface area contributed by atoms with Crippen LogP contribution >= 0.6 is 0 Å². The minimum Gasteiger partial charge on any atom is -0.462 e. The third-order valence-corrected chi connectivity index (χ3v) is 2.72. The fourth-order valence-electron chi connectivity index (χ4n) is 2.06. The van der Waals surface area contributed by atoms with Gasteiger partial charge in [0.1, 0.15) is 12.2 Å². The lowest BCUT2D eigenvalue weighted by Crippen LogP contribution is -2.48. The molecule has 0 aromatic carbocycles. The highest BCUT2D eigenvalue weighted by Gasteiger charge is 2.56. The summed E-state index contributed by atoms with van der Waals surface area (Å²) in [6.45, 7) is 4.74. The number of Topliss-reactive ketones (excluding diaryl/α,β-unsaturated/α-hetero) is 2. The number of ketones is 2. The summed E-state index contributed by atoms with van der Waals surface area (Å²) in [7, 11) is 0. The predicted octanol–water partition coefficient (Wildman–Crippen LogP) is 0.0917. The Morgan fingerprint density at radius 1 is 1.21 bits per heavy atom. The standard InChI is InChI=1S/C13H14O6/c1-9-13(11(17)5-7-15,8-10(16)4-6-14)19-12(2,3)18-9/h9,14-15H,8H2,1-3H3/t9-,13-/m1/s1. The maximum absolute atomic E-state index is 12.0. The van der Waals surface area contributed by atoms with Gasteiger partial charge in [0.25, 0.3) is 0 Å². The van der Waals surface area contributed by atoms with Gasteiger partial charge < -0.3 is 19.7 Å². The van der Waals surface area contributed by atoms with Crippen molar-refractivity contribution < 1.29 is 29.3 Å². The van der Waals surface area contributed by atoms with Crippen LogP contribution in [0.5, 0.6) is 0 Å². The molecule has 1 heterocycles. The zero-order valence-corrected chi connectivity index (χ0v) is 10.8. The van der Waals surface area contributed by atoms with Gasteiger partial charge in [0.05, 0.1) is 12.5 Å². The van der Waals surface area contributed by atoms with E-state index in [1.54, 1.807) is 20.8 Å². The van der Waals surface area contributed by atoms with Crippen LogP contribution in [0, 0.1) is 24.1 Å². The van der Waals surface area contributed by atoms with E-state index >= 15 is 0 Å². The van der Waals surface area contributed by atoms with Crippen LogP contribution < -0.4 is 0 Å². The zero-order chi connectivity index (χ0) is 14.7. The van der Waals surface area contributed by atoms with Crippen molar-refractivity contribution in [1.29, 1.82) is 0 Å². The van der Waals surface area contributed by atoms with Crippen molar-refractivity contribution in [2.24, 2.45) is 0 Å². The highest BCUT2D eigenvalue weighted by Crippen LogP contribution is 2.39. The van der Waals surface area contributed by atoms with Crippen molar-refractivity contribution in [3.8, 4) is 24.1 Å². The number of hydrogen-bond donors (Lipinski definition) is 2. The Balaban J connectivity index is 3.17. The molecule has 2 atom stereocenters. The molecule has 102 valence electrons. The topological polar surface area (TPSA) is 93.1 Å². The number of aliphatic hydroxyl groups is 2. The molecule has 2 N–H and O–H groups in total. The lowest BCUT2D eigenvalue weighted by Gasteiger charge is -2.26. The van der Waals surface area contributed by atoms with Crippen LogP contribution in [0.15, 0.2) is 0 Å². The first kappa shape index (κ1) is 15.0. The molecule has 0 spiro atoms. The Morgan fingerprint density at radius 3 is 2.21 bits per heavy atom. The van der Waals surface area contributed by atoms with E-state index in [1.165, 1.54) is 12.2 Å². The highest BCUT2D eigenvalue weighted by molar-refractivity contribution is 6.07. The molecule has 1 aliphatic heterocycles. The monoisotopic (exact) mass is 266 g/mol. The number of aliphatic hydroxyl groups excluding tert-OH is 2. The van der Waals surface area contributed by atoms with E-state index in [-0.39, 0.29) is 0 Å². The molecule has 6 heteroatoms. The van der Waals surface area contributed by atoms with Crippen molar-refractivity contribution in [3.63, 3.8) is 0 Å². The molecule has 1 saturated heterocycles. The maximum atomic E-state index is 12.0. The van der Waals surface area contributed by atoms with Crippen LogP contribution in [-0.4, -0.2) is 39.3 Å². The number of carbonyl (C=O) groups is 2. The van der Waals surface area contributed by atoms with E-state index in [1.807, 2.05) is 11.8 Å². The molecule has 0 amide bonds. The van der Waals surface area contributed by atoms with Gasteiger partial charge in [0, 0.05) is 11.8 Å². The van der Waals surface area contributed by atoms with Crippen LogP contribution in [0.1, 0.15) is 27.2 Å². The fraction of sp³-hybridized carbons (Fsp3) is 0.538. The molecule has 0 aromatic rings. The normalized spacial score (nSPS) is 27.6. The second-order valence-corrected chi connectivity index (χ2v) is 4.55. The molecule has 0 aromatic heterocycles. The SMILES string of the molecule is C[C@H]1OC(C)(C)O[C@@]1(CC(=O)C#CO)C(=O)C#CO. The van der Waals surface area contributed by atoms with Gasteiger partial charge in [-0.25, -0.2) is 0 Å². The maximum Gasteiger partial charge on any atom is 0.243 e. The van der Waals surface area contributed by atoms with Gasteiger partial charge in [-0.15, -0.1) is 0 Å². The van der Waals surface area contributed by atoms with E-state index in [0.29, 0.717) is 0 Å². The number of ether oxygens (including phenoxy) is 2. The summed E-state index contributed by atoms with van der Waals surface area (Å²) >= 11 is 0. The van der Waals surface area contributed by atoms with Gasteiger partial charge in [-0.1, -0.05) is 0 Å². The smallest absolute Gasteiger partial charge is 0.243 e. The quantitative estimate of drug-likeness (QED) is 0.703. The largest absolute Gasteiger partial charge is 0.462 e. The van der Waals surface area contributed by atoms with Gasteiger partial charge in [-0.3, -0.25) is 9.59 Å². The van der Waals surface area contributed by atoms with Crippen LogP contribution in [-0.2, 0) is 19.1 Å². The summed E-state index contributed by atoms with van der Waals surface area (Å²) in [5.41, 5.74) is -1.64. The Bertz CT molecular complexity index is 513. The lowest BCUT2D eigenvalue weighted by atomic mass is 9.87. The van der Waals surface area contributed by atoms with Gasteiger partial charge in [0.15, 0.2) is 11.4 Å². The summed E-state index contributed by atoms with van der Waals surface area (Å²) in [6.07, 6.45) is 1.80.